The van der Waals surface area contributed by atoms with E-state index in [0.717, 1.165) is 48.4 Å². The standard InChI is InChI=1S/C41H57N5O7S/c1-41(2,52)33(39(50)42-3)24-36(47)34(20-27-10-5-4-6-11-27)44-40(51)35(23-31-25-54-26-43-31)45-38(49)30(22-37(48)46-16-18-53-19-17-46)21-29-14-9-13-28-12-7-8-15-32(28)29/h7-9,12-15,25-27,30,33-36,47,52H,4-6,10-11,16-24H2,1-3H3,(H,42,50)(H,44,51)(H,45,49)/t30-,33-,34+,35+,36+/m1/s1. The summed E-state index contributed by atoms with van der Waals surface area (Å²) >= 11 is 1.38. The van der Waals surface area contributed by atoms with Crippen molar-refractivity contribution >= 4 is 45.7 Å². The molecule has 4 amide bonds. The van der Waals surface area contributed by atoms with E-state index >= 15 is 0 Å². The summed E-state index contributed by atoms with van der Waals surface area (Å²) in [6.45, 7) is 4.85. The van der Waals surface area contributed by atoms with Gasteiger partial charge in [-0.3, -0.25) is 19.2 Å². The Balaban J connectivity index is 1.40. The van der Waals surface area contributed by atoms with Crippen molar-refractivity contribution in [3.63, 3.8) is 0 Å². The Bertz CT molecular complexity index is 1680. The van der Waals surface area contributed by atoms with Gasteiger partial charge in [-0.05, 0) is 55.4 Å². The summed E-state index contributed by atoms with van der Waals surface area (Å²) in [7, 11) is 1.49. The third-order valence-electron chi connectivity index (χ3n) is 11.0. The fraction of sp³-hybridized carbons (Fsp3) is 0.585. The maximum Gasteiger partial charge on any atom is 0.243 e. The minimum absolute atomic E-state index is 0.0407. The Kier molecular flexibility index (Phi) is 15.0. The van der Waals surface area contributed by atoms with E-state index in [4.69, 9.17) is 4.74 Å². The fourth-order valence-electron chi connectivity index (χ4n) is 7.87. The summed E-state index contributed by atoms with van der Waals surface area (Å²) in [6, 6.07) is 12.1. The predicted molar refractivity (Wildman–Crippen MR) is 209 cm³/mol. The molecule has 1 aromatic heterocycles. The molecule has 1 saturated carbocycles. The molecule has 1 aliphatic carbocycles. The number of amides is 4. The third-order valence-corrected chi connectivity index (χ3v) is 11.7. The van der Waals surface area contributed by atoms with Crippen molar-refractivity contribution in [3.05, 3.63) is 64.6 Å². The topological polar surface area (TPSA) is 170 Å². The number of nitrogens with one attached hydrogen (secondary N) is 3. The summed E-state index contributed by atoms with van der Waals surface area (Å²) in [5.41, 5.74) is 1.80. The van der Waals surface area contributed by atoms with Crippen LogP contribution in [-0.4, -0.2) is 101 Å². The first-order valence-electron chi connectivity index (χ1n) is 19.3. The number of fused-ring (bicyclic) bond motifs is 1. The molecule has 0 radical (unpaired) electrons. The van der Waals surface area contributed by atoms with Crippen molar-refractivity contribution in [3.8, 4) is 0 Å². The van der Waals surface area contributed by atoms with Gasteiger partial charge >= 0.3 is 0 Å². The van der Waals surface area contributed by atoms with Gasteiger partial charge in [0, 0.05) is 38.4 Å². The minimum atomic E-state index is -1.42. The first-order valence-corrected chi connectivity index (χ1v) is 20.3. The number of hydrogen-bond acceptors (Lipinski definition) is 9. The van der Waals surface area contributed by atoms with Crippen LogP contribution >= 0.6 is 11.3 Å². The van der Waals surface area contributed by atoms with Gasteiger partial charge in [-0.15, -0.1) is 11.3 Å². The molecule has 12 nitrogen and oxygen atoms in total. The highest BCUT2D eigenvalue weighted by molar-refractivity contribution is 7.07. The molecule has 2 fully saturated rings. The lowest BCUT2D eigenvalue weighted by Crippen LogP contribution is -2.56. The Morgan fingerprint density at radius 2 is 1.69 bits per heavy atom. The number of benzene rings is 2. The zero-order valence-electron chi connectivity index (χ0n) is 31.8. The van der Waals surface area contributed by atoms with Crippen LogP contribution in [0.2, 0.25) is 0 Å². The van der Waals surface area contributed by atoms with E-state index < -0.39 is 53.3 Å². The van der Waals surface area contributed by atoms with Gasteiger partial charge in [0.1, 0.15) is 6.04 Å². The molecule has 2 aromatic carbocycles. The average Bonchev–Trinajstić information content (AvgIpc) is 3.69. The lowest BCUT2D eigenvalue weighted by molar-refractivity contribution is -0.140. The molecule has 3 aromatic rings. The van der Waals surface area contributed by atoms with Crippen molar-refractivity contribution in [1.82, 2.24) is 25.8 Å². The van der Waals surface area contributed by atoms with E-state index in [1.807, 2.05) is 47.8 Å². The van der Waals surface area contributed by atoms with Crippen molar-refractivity contribution in [2.45, 2.75) is 102 Å². The second kappa shape index (κ2) is 19.6. The van der Waals surface area contributed by atoms with Gasteiger partial charge in [-0.25, -0.2) is 4.98 Å². The molecule has 13 heteroatoms. The lowest BCUT2D eigenvalue weighted by atomic mass is 9.80. The van der Waals surface area contributed by atoms with Crippen molar-refractivity contribution in [2.24, 2.45) is 17.8 Å². The Morgan fingerprint density at radius 3 is 2.37 bits per heavy atom. The summed E-state index contributed by atoms with van der Waals surface area (Å²) in [5, 5.41) is 35.1. The molecule has 1 saturated heterocycles. The molecule has 0 spiro atoms. The summed E-state index contributed by atoms with van der Waals surface area (Å²) in [4.78, 5) is 61.4. The quantitative estimate of drug-likeness (QED) is 0.138. The molecule has 2 aliphatic rings. The van der Waals surface area contributed by atoms with Crippen LogP contribution in [0.5, 0.6) is 0 Å². The molecular formula is C41H57N5O7S. The molecule has 5 atom stereocenters. The van der Waals surface area contributed by atoms with Crippen LogP contribution in [0.4, 0.5) is 0 Å². The maximum absolute atomic E-state index is 14.4. The average molecular weight is 764 g/mol. The van der Waals surface area contributed by atoms with Crippen LogP contribution in [0.1, 0.15) is 76.5 Å². The van der Waals surface area contributed by atoms with Crippen LogP contribution in [-0.2, 0) is 36.8 Å². The molecule has 0 unspecified atom stereocenters. The first kappa shape index (κ1) is 41.3. The van der Waals surface area contributed by atoms with E-state index in [9.17, 15) is 29.4 Å². The third kappa shape index (κ3) is 11.5. The van der Waals surface area contributed by atoms with Crippen molar-refractivity contribution in [2.75, 3.05) is 33.4 Å². The monoisotopic (exact) mass is 763 g/mol. The number of nitrogens with zero attached hydrogens (tertiary/aromatic N) is 2. The molecule has 54 heavy (non-hydrogen) atoms. The number of ether oxygens (including phenoxy) is 1. The smallest absolute Gasteiger partial charge is 0.243 e. The van der Waals surface area contributed by atoms with Gasteiger partial charge in [-0.1, -0.05) is 74.6 Å². The molecule has 0 bridgehead atoms. The van der Waals surface area contributed by atoms with Crippen LogP contribution in [0.3, 0.4) is 0 Å². The normalized spacial score (nSPS) is 18.3. The van der Waals surface area contributed by atoms with Gasteiger partial charge in [0.2, 0.25) is 23.6 Å². The summed E-state index contributed by atoms with van der Waals surface area (Å²) in [5.74, 6) is -2.89. The summed E-state index contributed by atoms with van der Waals surface area (Å²) in [6.07, 6.45) is 4.84. The fourth-order valence-corrected chi connectivity index (χ4v) is 8.44. The number of hydrogen-bond donors (Lipinski definition) is 5. The lowest BCUT2D eigenvalue weighted by Gasteiger charge is -2.35. The SMILES string of the molecule is CNC(=O)[C@@H](C[C@H](O)[C@H](CC1CCCCC1)NC(=O)[C@H](Cc1cscn1)NC(=O)[C@@H](CC(=O)N1CCOCC1)Cc1cccc2ccccc12)C(C)(C)O. The van der Waals surface area contributed by atoms with Crippen molar-refractivity contribution < 1.29 is 34.1 Å². The van der Waals surface area contributed by atoms with E-state index in [1.165, 1.54) is 32.2 Å². The van der Waals surface area contributed by atoms with Crippen LogP contribution < -0.4 is 16.0 Å². The number of rotatable bonds is 17. The predicted octanol–water partition coefficient (Wildman–Crippen LogP) is 3.77. The molecule has 1 aliphatic heterocycles. The van der Waals surface area contributed by atoms with Gasteiger partial charge in [0.15, 0.2) is 0 Å². The van der Waals surface area contributed by atoms with E-state index in [0.29, 0.717) is 38.4 Å². The number of morpholine rings is 1. The van der Waals surface area contributed by atoms with E-state index in [2.05, 4.69) is 20.9 Å². The zero-order valence-corrected chi connectivity index (χ0v) is 32.6. The second-order valence-electron chi connectivity index (χ2n) is 15.5. The number of carbonyl (C=O) groups excluding carboxylic acids is 4. The zero-order chi connectivity index (χ0) is 38.7. The Labute approximate surface area is 322 Å². The largest absolute Gasteiger partial charge is 0.391 e. The molecule has 5 N–H and O–H groups in total. The first-order chi connectivity index (χ1) is 25.9. The number of aliphatic hydroxyl groups excluding tert-OH is 1. The van der Waals surface area contributed by atoms with E-state index in [-0.39, 0.29) is 37.5 Å². The Morgan fingerprint density at radius 1 is 0.963 bits per heavy atom. The number of aromatic nitrogens is 1. The van der Waals surface area contributed by atoms with Gasteiger partial charge in [-0.2, -0.15) is 0 Å². The van der Waals surface area contributed by atoms with Crippen LogP contribution in [0.15, 0.2) is 53.4 Å². The van der Waals surface area contributed by atoms with Crippen molar-refractivity contribution in [1.29, 1.82) is 0 Å². The number of thiazole rings is 1. The number of aliphatic hydroxyl groups is 2. The van der Waals surface area contributed by atoms with Gasteiger partial charge < -0.3 is 35.8 Å². The molecule has 5 rings (SSSR count). The summed E-state index contributed by atoms with van der Waals surface area (Å²) < 4.78 is 5.45. The highest BCUT2D eigenvalue weighted by Gasteiger charge is 2.38. The molecular weight excluding hydrogens is 707 g/mol. The second-order valence-corrected chi connectivity index (χ2v) is 16.2. The highest BCUT2D eigenvalue weighted by Crippen LogP contribution is 2.31. The minimum Gasteiger partial charge on any atom is -0.391 e. The maximum atomic E-state index is 14.4. The molecule has 2 heterocycles. The highest BCUT2D eigenvalue weighted by atomic mass is 32.1. The molecule has 294 valence electrons. The van der Waals surface area contributed by atoms with Crippen LogP contribution in [0, 0.1) is 17.8 Å². The van der Waals surface area contributed by atoms with Gasteiger partial charge in [0.05, 0.1) is 54.0 Å². The van der Waals surface area contributed by atoms with Gasteiger partial charge in [0.25, 0.3) is 0 Å². The Hall–Kier alpha value is -3.91. The number of carbonyl (C=O) groups is 4. The van der Waals surface area contributed by atoms with E-state index in [1.54, 1.807) is 10.4 Å². The van der Waals surface area contributed by atoms with Crippen LogP contribution in [0.25, 0.3) is 10.8 Å².